The van der Waals surface area contributed by atoms with Crippen molar-refractivity contribution < 1.29 is 4.79 Å². The van der Waals surface area contributed by atoms with Gasteiger partial charge < -0.3 is 0 Å². The molecule has 13 heavy (non-hydrogen) atoms. The molecule has 0 N–H and O–H groups in total. The van der Waals surface area contributed by atoms with Gasteiger partial charge in [0.1, 0.15) is 5.78 Å². The Bertz CT molecular complexity index is 232. The number of hydrogen-bond donors (Lipinski definition) is 0. The van der Waals surface area contributed by atoms with E-state index in [9.17, 15) is 4.79 Å². The van der Waals surface area contributed by atoms with Crippen molar-refractivity contribution in [3.05, 3.63) is 0 Å². The Morgan fingerprint density at radius 1 is 1.15 bits per heavy atom. The van der Waals surface area contributed by atoms with Gasteiger partial charge in [-0.2, -0.15) is 0 Å². The molecule has 1 saturated heterocycles. The Morgan fingerprint density at radius 3 is 2.46 bits per heavy atom. The van der Waals surface area contributed by atoms with Crippen LogP contribution in [0, 0.1) is 11.8 Å². The average Bonchev–Trinajstić information content (AvgIpc) is 2.82. The lowest BCUT2D eigenvalue weighted by Gasteiger charge is -2.29. The van der Waals surface area contributed by atoms with E-state index in [0.29, 0.717) is 23.7 Å². The molecule has 2 aliphatic carbocycles. The fourth-order valence-electron chi connectivity index (χ4n) is 3.52. The Labute approximate surface area is 79.3 Å². The van der Waals surface area contributed by atoms with Crippen LogP contribution >= 0.6 is 0 Å². The lowest BCUT2D eigenvalue weighted by Crippen LogP contribution is -2.37. The summed E-state index contributed by atoms with van der Waals surface area (Å²) in [6.45, 7) is 2.50. The maximum atomic E-state index is 11.7. The van der Waals surface area contributed by atoms with Crippen LogP contribution < -0.4 is 0 Å². The quantitative estimate of drug-likeness (QED) is 0.607. The van der Waals surface area contributed by atoms with E-state index in [2.05, 4.69) is 4.90 Å². The number of Topliss-reactive ketones (excluding diaryl/α,β-unsaturated/α-hetero) is 1. The van der Waals surface area contributed by atoms with Crippen LogP contribution in [0.25, 0.3) is 0 Å². The van der Waals surface area contributed by atoms with E-state index in [1.165, 1.54) is 45.2 Å². The molecule has 0 aromatic carbocycles. The molecule has 72 valence electrons. The van der Waals surface area contributed by atoms with E-state index < -0.39 is 0 Å². The highest BCUT2D eigenvalue weighted by Crippen LogP contribution is 2.44. The second kappa shape index (κ2) is 2.81. The molecule has 3 fully saturated rings. The zero-order chi connectivity index (χ0) is 8.84. The molecule has 3 rings (SSSR count). The number of hydrogen-bond acceptors (Lipinski definition) is 2. The molecule has 3 unspecified atom stereocenters. The van der Waals surface area contributed by atoms with Gasteiger partial charge in [0.2, 0.25) is 0 Å². The maximum absolute atomic E-state index is 11.7. The fourth-order valence-corrected chi connectivity index (χ4v) is 3.52. The highest BCUT2D eigenvalue weighted by molar-refractivity contribution is 5.88. The number of carbonyl (C=O) groups excluding carboxylic acids is 1. The minimum Gasteiger partial charge on any atom is -0.300 e. The molecular formula is C11H17NO. The van der Waals surface area contributed by atoms with Crippen molar-refractivity contribution in [1.29, 1.82) is 0 Å². The number of ketones is 1. The van der Waals surface area contributed by atoms with Crippen molar-refractivity contribution in [2.45, 2.75) is 38.1 Å². The molecule has 1 aliphatic heterocycles. The third kappa shape index (κ3) is 1.08. The summed E-state index contributed by atoms with van der Waals surface area (Å²) < 4.78 is 0. The van der Waals surface area contributed by atoms with Gasteiger partial charge in [0.15, 0.2) is 0 Å². The van der Waals surface area contributed by atoms with Crippen molar-refractivity contribution in [2.24, 2.45) is 11.8 Å². The zero-order valence-electron chi connectivity index (χ0n) is 8.04. The predicted molar refractivity (Wildman–Crippen MR) is 50.4 cm³/mol. The Kier molecular flexibility index (Phi) is 1.72. The molecule has 0 radical (unpaired) electrons. The minimum absolute atomic E-state index is 0.433. The van der Waals surface area contributed by atoms with Crippen molar-refractivity contribution in [1.82, 2.24) is 4.90 Å². The summed E-state index contributed by atoms with van der Waals surface area (Å²) in [5, 5.41) is 0. The van der Waals surface area contributed by atoms with E-state index in [1.807, 2.05) is 0 Å². The van der Waals surface area contributed by atoms with Gasteiger partial charge in [-0.25, -0.2) is 0 Å². The second-order valence-electron chi connectivity index (χ2n) is 4.83. The average molecular weight is 179 g/mol. The normalized spacial score (nSPS) is 44.9. The SMILES string of the molecule is O=C1C2CCC1C(N1CCCC1)C2. The highest BCUT2D eigenvalue weighted by atomic mass is 16.1. The summed E-state index contributed by atoms with van der Waals surface area (Å²) in [6, 6.07) is 0.647. The first kappa shape index (κ1) is 7.98. The van der Waals surface area contributed by atoms with E-state index >= 15 is 0 Å². The Hall–Kier alpha value is -0.370. The first-order valence-corrected chi connectivity index (χ1v) is 5.64. The van der Waals surface area contributed by atoms with E-state index in [0.717, 1.165) is 0 Å². The molecule has 0 aromatic rings. The number of fused-ring (bicyclic) bond motifs is 2. The highest BCUT2D eigenvalue weighted by Gasteiger charge is 2.49. The van der Waals surface area contributed by atoms with Gasteiger partial charge >= 0.3 is 0 Å². The van der Waals surface area contributed by atoms with E-state index in [1.54, 1.807) is 0 Å². The summed E-state index contributed by atoms with van der Waals surface area (Å²) in [6.07, 6.45) is 6.26. The number of likely N-dealkylation sites (tertiary alicyclic amines) is 1. The molecule has 2 saturated carbocycles. The van der Waals surface area contributed by atoms with Crippen molar-refractivity contribution in [3.8, 4) is 0 Å². The second-order valence-corrected chi connectivity index (χ2v) is 4.83. The van der Waals surface area contributed by atoms with Crippen LogP contribution in [0.2, 0.25) is 0 Å². The molecule has 1 heterocycles. The first-order chi connectivity index (χ1) is 6.36. The van der Waals surface area contributed by atoms with Crippen molar-refractivity contribution in [2.75, 3.05) is 13.1 Å². The van der Waals surface area contributed by atoms with E-state index in [-0.39, 0.29) is 0 Å². The third-order valence-corrected chi connectivity index (χ3v) is 4.19. The zero-order valence-corrected chi connectivity index (χ0v) is 8.04. The van der Waals surface area contributed by atoms with Gasteiger partial charge in [0, 0.05) is 17.9 Å². The van der Waals surface area contributed by atoms with E-state index in [4.69, 9.17) is 0 Å². The minimum atomic E-state index is 0.433. The first-order valence-electron chi connectivity index (χ1n) is 5.64. The Morgan fingerprint density at radius 2 is 1.92 bits per heavy atom. The fraction of sp³-hybridized carbons (Fsp3) is 0.909. The summed E-state index contributed by atoms with van der Waals surface area (Å²) >= 11 is 0. The predicted octanol–water partition coefficient (Wildman–Crippen LogP) is 1.45. The molecule has 0 amide bonds. The lowest BCUT2D eigenvalue weighted by atomic mass is 9.94. The molecule has 3 aliphatic rings. The number of nitrogens with zero attached hydrogens (tertiary/aromatic N) is 1. The monoisotopic (exact) mass is 179 g/mol. The lowest BCUT2D eigenvalue weighted by molar-refractivity contribution is -0.121. The van der Waals surface area contributed by atoms with Gasteiger partial charge in [0.05, 0.1) is 0 Å². The standard InChI is InChI=1S/C11H17NO/c13-11-8-3-4-9(11)10(7-8)12-5-1-2-6-12/h8-10H,1-7H2. The topological polar surface area (TPSA) is 20.3 Å². The molecule has 0 spiro atoms. The summed E-state index contributed by atoms with van der Waals surface area (Å²) in [5.41, 5.74) is 0. The van der Waals surface area contributed by atoms with Gasteiger partial charge in [-0.15, -0.1) is 0 Å². The van der Waals surface area contributed by atoms with Crippen molar-refractivity contribution in [3.63, 3.8) is 0 Å². The smallest absolute Gasteiger partial charge is 0.140 e. The van der Waals surface area contributed by atoms with Crippen LogP contribution in [0.5, 0.6) is 0 Å². The molecule has 2 bridgehead atoms. The Balaban J connectivity index is 1.76. The molecule has 0 aromatic heterocycles. The molecule has 3 atom stereocenters. The van der Waals surface area contributed by atoms with Crippen LogP contribution in [0.3, 0.4) is 0 Å². The largest absolute Gasteiger partial charge is 0.300 e. The summed E-state index contributed by atoms with van der Waals surface area (Å²) in [5.74, 6) is 1.48. The molecule has 2 heteroatoms. The van der Waals surface area contributed by atoms with Gasteiger partial charge in [-0.3, -0.25) is 9.69 Å². The summed E-state index contributed by atoms with van der Waals surface area (Å²) in [4.78, 5) is 14.3. The molecular weight excluding hydrogens is 162 g/mol. The van der Waals surface area contributed by atoms with Crippen LogP contribution in [-0.4, -0.2) is 29.8 Å². The van der Waals surface area contributed by atoms with Crippen LogP contribution in [0.15, 0.2) is 0 Å². The van der Waals surface area contributed by atoms with Gasteiger partial charge in [0.25, 0.3) is 0 Å². The van der Waals surface area contributed by atoms with Gasteiger partial charge in [-0.1, -0.05) is 0 Å². The number of rotatable bonds is 1. The van der Waals surface area contributed by atoms with Gasteiger partial charge in [-0.05, 0) is 45.2 Å². The van der Waals surface area contributed by atoms with Crippen LogP contribution in [-0.2, 0) is 4.79 Å². The maximum Gasteiger partial charge on any atom is 0.140 e. The molecule has 2 nitrogen and oxygen atoms in total. The number of carbonyl (C=O) groups is 1. The van der Waals surface area contributed by atoms with Crippen LogP contribution in [0.4, 0.5) is 0 Å². The summed E-state index contributed by atoms with van der Waals surface area (Å²) in [7, 11) is 0. The van der Waals surface area contributed by atoms with Crippen LogP contribution in [0.1, 0.15) is 32.1 Å². The third-order valence-electron chi connectivity index (χ3n) is 4.19. The van der Waals surface area contributed by atoms with Crippen molar-refractivity contribution >= 4 is 5.78 Å².